The van der Waals surface area contributed by atoms with Gasteiger partial charge in [0.2, 0.25) is 5.88 Å². The number of amides is 1. The van der Waals surface area contributed by atoms with Crippen molar-refractivity contribution in [2.24, 2.45) is 7.05 Å². The molecule has 0 spiro atoms. The fourth-order valence-corrected chi connectivity index (χ4v) is 4.44. The standard InChI is InChI=1S/C15H16ClF3N4O4S/c1-4-23(28(25,26)12-9(2)21-22(3)13(12)16)14(24)10-5-6-11(20-7-10)27-8-15(17,18)19/h5-7H,4,8H2,1-3H3. The van der Waals surface area contributed by atoms with Crippen LogP contribution in [0.4, 0.5) is 13.2 Å². The lowest BCUT2D eigenvalue weighted by Crippen LogP contribution is -2.37. The Bertz CT molecular complexity index is 974. The molecule has 2 rings (SSSR count). The summed E-state index contributed by atoms with van der Waals surface area (Å²) in [6, 6.07) is 2.17. The molecule has 0 atom stereocenters. The molecule has 0 saturated carbocycles. The molecule has 1 amide bonds. The summed E-state index contributed by atoms with van der Waals surface area (Å²) in [5.41, 5.74) is -0.0322. The SMILES string of the molecule is CCN(C(=O)c1ccc(OCC(F)(F)F)nc1)S(=O)(=O)c1c(C)nn(C)c1Cl. The number of carbonyl (C=O) groups excluding carboxylic acids is 1. The molecule has 0 radical (unpaired) electrons. The summed E-state index contributed by atoms with van der Waals surface area (Å²) in [5, 5.41) is 3.77. The number of halogens is 4. The van der Waals surface area contributed by atoms with Gasteiger partial charge in [0.05, 0.1) is 11.3 Å². The number of ether oxygens (including phenoxy) is 1. The smallest absolute Gasteiger partial charge is 0.422 e. The summed E-state index contributed by atoms with van der Waals surface area (Å²) in [6.07, 6.45) is -3.60. The second-order valence-electron chi connectivity index (χ2n) is 5.59. The van der Waals surface area contributed by atoms with Crippen LogP contribution in [0.2, 0.25) is 5.15 Å². The van der Waals surface area contributed by atoms with E-state index < -0.39 is 28.7 Å². The molecular weight excluding hydrogens is 425 g/mol. The molecule has 154 valence electrons. The Hall–Kier alpha value is -2.34. The van der Waals surface area contributed by atoms with Crippen LogP contribution in [0.5, 0.6) is 5.88 Å². The summed E-state index contributed by atoms with van der Waals surface area (Å²) < 4.78 is 68.5. The average Bonchev–Trinajstić information content (AvgIpc) is 2.85. The summed E-state index contributed by atoms with van der Waals surface area (Å²) in [7, 11) is -2.86. The number of aromatic nitrogens is 3. The van der Waals surface area contributed by atoms with Gasteiger partial charge in [-0.05, 0) is 19.9 Å². The Balaban J connectivity index is 2.30. The van der Waals surface area contributed by atoms with Gasteiger partial charge in [-0.1, -0.05) is 11.6 Å². The number of aryl methyl sites for hydroxylation is 2. The highest BCUT2D eigenvalue weighted by Gasteiger charge is 2.34. The second-order valence-corrected chi connectivity index (χ2v) is 7.75. The number of hydrogen-bond donors (Lipinski definition) is 0. The van der Waals surface area contributed by atoms with Crippen LogP contribution in [-0.2, 0) is 17.1 Å². The van der Waals surface area contributed by atoms with Gasteiger partial charge in [-0.3, -0.25) is 9.48 Å². The summed E-state index contributed by atoms with van der Waals surface area (Å²) >= 11 is 6.01. The molecule has 2 aromatic rings. The number of alkyl halides is 3. The quantitative estimate of drug-likeness (QED) is 0.685. The third kappa shape index (κ3) is 4.55. The van der Waals surface area contributed by atoms with E-state index in [4.69, 9.17) is 11.6 Å². The zero-order valence-corrected chi connectivity index (χ0v) is 16.6. The zero-order chi connectivity index (χ0) is 21.3. The molecule has 8 nitrogen and oxygen atoms in total. The monoisotopic (exact) mass is 440 g/mol. The van der Waals surface area contributed by atoms with E-state index in [9.17, 15) is 26.4 Å². The molecule has 28 heavy (non-hydrogen) atoms. The van der Waals surface area contributed by atoms with E-state index in [0.29, 0.717) is 4.31 Å². The molecule has 0 bridgehead atoms. The minimum Gasteiger partial charge on any atom is -0.468 e. The first kappa shape index (κ1) is 22.0. The van der Waals surface area contributed by atoms with Gasteiger partial charge in [0.15, 0.2) is 6.61 Å². The zero-order valence-electron chi connectivity index (χ0n) is 15.0. The molecule has 0 unspecified atom stereocenters. The number of pyridine rings is 1. The Morgan fingerprint density at radius 3 is 2.43 bits per heavy atom. The van der Waals surface area contributed by atoms with Crippen molar-refractivity contribution in [3.05, 3.63) is 34.7 Å². The van der Waals surface area contributed by atoms with Crippen LogP contribution in [0.15, 0.2) is 23.2 Å². The maximum Gasteiger partial charge on any atom is 0.422 e. The third-order valence-electron chi connectivity index (χ3n) is 3.53. The highest BCUT2D eigenvalue weighted by atomic mass is 35.5. The fraction of sp³-hybridized carbons (Fsp3) is 0.400. The molecule has 0 aliphatic rings. The predicted octanol–water partition coefficient (Wildman–Crippen LogP) is 2.57. The number of nitrogens with zero attached hydrogens (tertiary/aromatic N) is 4. The Morgan fingerprint density at radius 2 is 2.00 bits per heavy atom. The highest BCUT2D eigenvalue weighted by molar-refractivity contribution is 7.89. The van der Waals surface area contributed by atoms with Crippen LogP contribution in [0.25, 0.3) is 0 Å². The topological polar surface area (TPSA) is 94.4 Å². The number of sulfonamides is 1. The van der Waals surface area contributed by atoms with Crippen LogP contribution in [0.3, 0.4) is 0 Å². The van der Waals surface area contributed by atoms with Gasteiger partial charge in [0, 0.05) is 25.9 Å². The van der Waals surface area contributed by atoms with Crippen molar-refractivity contribution < 1.29 is 31.1 Å². The Labute approximate surface area is 163 Å². The second kappa shape index (κ2) is 7.95. The van der Waals surface area contributed by atoms with Gasteiger partial charge in [-0.2, -0.15) is 18.3 Å². The number of hydrogen-bond acceptors (Lipinski definition) is 6. The molecule has 0 fully saturated rings. The van der Waals surface area contributed by atoms with E-state index in [1.807, 2.05) is 0 Å². The molecule has 0 aliphatic carbocycles. The lowest BCUT2D eigenvalue weighted by atomic mass is 10.2. The van der Waals surface area contributed by atoms with Crippen LogP contribution in [-0.4, -0.2) is 52.7 Å². The van der Waals surface area contributed by atoms with Crippen LogP contribution in [0.1, 0.15) is 23.0 Å². The molecular formula is C15H16ClF3N4O4S. The lowest BCUT2D eigenvalue weighted by molar-refractivity contribution is -0.154. The number of carbonyl (C=O) groups is 1. The molecule has 2 aromatic heterocycles. The van der Waals surface area contributed by atoms with Gasteiger partial charge in [-0.15, -0.1) is 0 Å². The van der Waals surface area contributed by atoms with E-state index in [0.717, 1.165) is 23.0 Å². The van der Waals surface area contributed by atoms with Gasteiger partial charge in [0.1, 0.15) is 10.0 Å². The minimum atomic E-state index is -4.54. The summed E-state index contributed by atoms with van der Waals surface area (Å²) in [4.78, 5) is 16.0. The predicted molar refractivity (Wildman–Crippen MR) is 92.6 cm³/mol. The summed E-state index contributed by atoms with van der Waals surface area (Å²) in [5.74, 6) is -1.28. The van der Waals surface area contributed by atoms with Crippen molar-refractivity contribution in [1.82, 2.24) is 19.1 Å². The van der Waals surface area contributed by atoms with Gasteiger partial charge < -0.3 is 4.74 Å². The first-order chi connectivity index (χ1) is 12.9. The van der Waals surface area contributed by atoms with Crippen LogP contribution in [0, 0.1) is 6.92 Å². The van der Waals surface area contributed by atoms with Gasteiger partial charge in [0.25, 0.3) is 15.9 Å². The van der Waals surface area contributed by atoms with E-state index >= 15 is 0 Å². The number of rotatable bonds is 6. The third-order valence-corrected chi connectivity index (χ3v) is 6.08. The molecule has 0 saturated heterocycles. The Kier molecular flexibility index (Phi) is 6.24. The van der Waals surface area contributed by atoms with Crippen molar-refractivity contribution in [1.29, 1.82) is 0 Å². The van der Waals surface area contributed by atoms with Gasteiger partial charge in [-0.25, -0.2) is 17.7 Å². The molecule has 0 aliphatic heterocycles. The van der Waals surface area contributed by atoms with Crippen molar-refractivity contribution in [3.8, 4) is 5.88 Å². The summed E-state index contributed by atoms with van der Waals surface area (Å²) in [6.45, 7) is 1.13. The van der Waals surface area contributed by atoms with Crippen LogP contribution >= 0.6 is 11.6 Å². The molecule has 0 N–H and O–H groups in total. The highest BCUT2D eigenvalue weighted by Crippen LogP contribution is 2.28. The van der Waals surface area contributed by atoms with Crippen molar-refractivity contribution in [2.75, 3.05) is 13.2 Å². The maximum absolute atomic E-state index is 12.9. The van der Waals surface area contributed by atoms with Crippen molar-refractivity contribution in [2.45, 2.75) is 24.9 Å². The van der Waals surface area contributed by atoms with E-state index in [-0.39, 0.29) is 33.7 Å². The largest absolute Gasteiger partial charge is 0.468 e. The molecule has 13 heteroatoms. The molecule has 0 aromatic carbocycles. The van der Waals surface area contributed by atoms with Gasteiger partial charge >= 0.3 is 6.18 Å². The fourth-order valence-electron chi connectivity index (χ4n) is 2.33. The molecule has 2 heterocycles. The lowest BCUT2D eigenvalue weighted by Gasteiger charge is -2.20. The van der Waals surface area contributed by atoms with Crippen LogP contribution < -0.4 is 4.74 Å². The first-order valence-electron chi connectivity index (χ1n) is 7.80. The van der Waals surface area contributed by atoms with E-state index in [1.54, 1.807) is 0 Å². The van der Waals surface area contributed by atoms with E-state index in [1.165, 1.54) is 20.9 Å². The van der Waals surface area contributed by atoms with Crippen molar-refractivity contribution in [3.63, 3.8) is 0 Å². The first-order valence-corrected chi connectivity index (χ1v) is 9.62. The average molecular weight is 441 g/mol. The minimum absolute atomic E-state index is 0.118. The maximum atomic E-state index is 12.9. The van der Waals surface area contributed by atoms with E-state index in [2.05, 4.69) is 14.8 Å². The van der Waals surface area contributed by atoms with Crippen molar-refractivity contribution >= 4 is 27.5 Å². The normalized spacial score (nSPS) is 12.1. The Morgan fingerprint density at radius 1 is 1.36 bits per heavy atom.